The van der Waals surface area contributed by atoms with Crippen LogP contribution in [0, 0.1) is 0 Å². The molecule has 9 heteroatoms. The fourth-order valence-corrected chi connectivity index (χ4v) is 3.45. The second-order valence-corrected chi connectivity index (χ2v) is 6.93. The maximum absolute atomic E-state index is 11.9. The van der Waals surface area contributed by atoms with Crippen molar-refractivity contribution in [2.24, 2.45) is 5.73 Å². The largest absolute Gasteiger partial charge is 0.452 e. The minimum absolute atomic E-state index is 0.413. The third kappa shape index (κ3) is 3.02. The second kappa shape index (κ2) is 6.40. The van der Waals surface area contributed by atoms with Crippen molar-refractivity contribution in [2.75, 3.05) is 11.1 Å². The number of carbonyl (C=O) groups is 1. The highest BCUT2D eigenvalue weighted by molar-refractivity contribution is 9.10. The van der Waals surface area contributed by atoms with E-state index in [0.717, 1.165) is 12.2 Å². The van der Waals surface area contributed by atoms with Crippen LogP contribution in [0.1, 0.15) is 32.1 Å². The molecule has 0 bridgehead atoms. The van der Waals surface area contributed by atoms with Crippen LogP contribution in [0.3, 0.4) is 0 Å². The lowest BCUT2D eigenvalue weighted by atomic mass is 10.0. The molecular weight excluding hydrogens is 382 g/mol. The van der Waals surface area contributed by atoms with E-state index in [4.69, 9.17) is 10.2 Å². The van der Waals surface area contributed by atoms with E-state index in [-0.39, 0.29) is 0 Å². The van der Waals surface area contributed by atoms with Crippen LogP contribution in [-0.4, -0.2) is 26.4 Å². The summed E-state index contributed by atoms with van der Waals surface area (Å²) in [5.41, 5.74) is 6.65. The first-order valence-corrected chi connectivity index (χ1v) is 8.91. The molecule has 1 unspecified atom stereocenters. The van der Waals surface area contributed by atoms with Gasteiger partial charge in [-0.15, -0.1) is 5.10 Å². The molecular formula is C14H16BrN5O2S. The minimum Gasteiger partial charge on any atom is -0.452 e. The van der Waals surface area contributed by atoms with Crippen LogP contribution in [0.4, 0.5) is 5.95 Å². The zero-order chi connectivity index (χ0) is 16.6. The first-order chi connectivity index (χ1) is 11.0. The van der Waals surface area contributed by atoms with E-state index >= 15 is 0 Å². The lowest BCUT2D eigenvalue weighted by Crippen LogP contribution is -2.31. The molecule has 3 rings (SSSR count). The molecule has 3 heterocycles. The molecule has 0 aromatic carbocycles. The number of carbonyl (C=O) groups excluding carboxylic acids is 1. The molecule has 0 aliphatic carbocycles. The predicted molar refractivity (Wildman–Crippen MR) is 91.1 cm³/mol. The Hall–Kier alpha value is -1.74. The highest BCUT2D eigenvalue weighted by Gasteiger charge is 2.35. The summed E-state index contributed by atoms with van der Waals surface area (Å²) < 4.78 is 7.88. The van der Waals surface area contributed by atoms with Gasteiger partial charge in [0.2, 0.25) is 17.0 Å². The van der Waals surface area contributed by atoms with Crippen molar-refractivity contribution in [1.82, 2.24) is 14.8 Å². The van der Waals surface area contributed by atoms with Crippen molar-refractivity contribution in [3.8, 4) is 0 Å². The van der Waals surface area contributed by atoms with Crippen LogP contribution >= 0.6 is 27.7 Å². The zero-order valence-electron chi connectivity index (χ0n) is 12.7. The summed E-state index contributed by atoms with van der Waals surface area (Å²) in [7, 11) is 0. The van der Waals surface area contributed by atoms with Crippen LogP contribution in [0.5, 0.6) is 0 Å². The molecule has 0 saturated carbocycles. The Morgan fingerprint density at radius 2 is 2.35 bits per heavy atom. The first-order valence-electron chi connectivity index (χ1n) is 7.13. The average molecular weight is 398 g/mol. The van der Waals surface area contributed by atoms with Crippen LogP contribution in [0.25, 0.3) is 0 Å². The van der Waals surface area contributed by atoms with Gasteiger partial charge < -0.3 is 15.5 Å². The summed E-state index contributed by atoms with van der Waals surface area (Å²) in [6, 6.07) is 3.04. The third-order valence-corrected chi connectivity index (χ3v) is 4.87. The third-order valence-electron chi connectivity index (χ3n) is 3.40. The summed E-state index contributed by atoms with van der Waals surface area (Å²) >= 11 is 4.86. The SMILES string of the molecule is CCCSc1nc2n(n1)C(c1ccc(Br)o1)C(C(N)=O)=C(C)N2. The van der Waals surface area contributed by atoms with Crippen molar-refractivity contribution >= 4 is 39.5 Å². The van der Waals surface area contributed by atoms with Crippen molar-refractivity contribution in [2.45, 2.75) is 31.5 Å². The first kappa shape index (κ1) is 16.1. The predicted octanol–water partition coefficient (Wildman–Crippen LogP) is 2.91. The van der Waals surface area contributed by atoms with E-state index in [1.165, 1.54) is 0 Å². The Bertz CT molecular complexity index is 782. The topological polar surface area (TPSA) is 99.0 Å². The molecule has 23 heavy (non-hydrogen) atoms. The number of nitrogens with one attached hydrogen (secondary N) is 1. The number of primary amides is 1. The summed E-state index contributed by atoms with van der Waals surface area (Å²) in [6.45, 7) is 3.89. The Kier molecular flexibility index (Phi) is 4.49. The number of halogens is 1. The van der Waals surface area contributed by atoms with Crippen molar-refractivity contribution in [3.63, 3.8) is 0 Å². The molecule has 1 aliphatic rings. The van der Waals surface area contributed by atoms with Crippen LogP contribution < -0.4 is 11.1 Å². The van der Waals surface area contributed by atoms with Gasteiger partial charge in [0.1, 0.15) is 11.8 Å². The summed E-state index contributed by atoms with van der Waals surface area (Å²) in [4.78, 5) is 16.4. The van der Waals surface area contributed by atoms with Gasteiger partial charge in [0, 0.05) is 11.4 Å². The molecule has 3 N–H and O–H groups in total. The van der Waals surface area contributed by atoms with Gasteiger partial charge in [-0.1, -0.05) is 18.7 Å². The summed E-state index contributed by atoms with van der Waals surface area (Å²) in [5.74, 6) is 1.56. The number of aromatic nitrogens is 3. The summed E-state index contributed by atoms with van der Waals surface area (Å²) in [5, 5.41) is 8.26. The van der Waals surface area contributed by atoms with Gasteiger partial charge in [0.25, 0.3) is 0 Å². The van der Waals surface area contributed by atoms with Crippen molar-refractivity contribution < 1.29 is 9.21 Å². The molecule has 2 aromatic heterocycles. The number of nitrogens with zero attached hydrogens (tertiary/aromatic N) is 3. The molecule has 122 valence electrons. The monoisotopic (exact) mass is 397 g/mol. The molecule has 0 fully saturated rings. The van der Waals surface area contributed by atoms with Crippen LogP contribution in [0.2, 0.25) is 0 Å². The van der Waals surface area contributed by atoms with Gasteiger partial charge >= 0.3 is 0 Å². The average Bonchev–Trinajstić information content (AvgIpc) is 3.09. The number of nitrogens with two attached hydrogens (primary N) is 1. The van der Waals surface area contributed by atoms with Crippen molar-refractivity contribution in [3.05, 3.63) is 33.8 Å². The molecule has 2 aromatic rings. The van der Waals surface area contributed by atoms with E-state index in [9.17, 15) is 4.79 Å². The zero-order valence-corrected chi connectivity index (χ0v) is 15.1. The van der Waals surface area contributed by atoms with E-state index in [1.807, 2.05) is 0 Å². The van der Waals surface area contributed by atoms with E-state index in [1.54, 1.807) is 35.5 Å². The van der Waals surface area contributed by atoms with E-state index in [0.29, 0.717) is 32.8 Å². The lowest BCUT2D eigenvalue weighted by Gasteiger charge is -2.25. The fourth-order valence-electron chi connectivity index (χ4n) is 2.44. The molecule has 0 spiro atoms. The number of thioether (sulfide) groups is 1. The molecule has 0 radical (unpaired) electrons. The number of hydrogen-bond donors (Lipinski definition) is 2. The van der Waals surface area contributed by atoms with E-state index in [2.05, 4.69) is 38.3 Å². The smallest absolute Gasteiger partial charge is 0.249 e. The molecule has 7 nitrogen and oxygen atoms in total. The molecule has 0 saturated heterocycles. The number of rotatable bonds is 5. The van der Waals surface area contributed by atoms with E-state index < -0.39 is 11.9 Å². The maximum atomic E-state index is 11.9. The highest BCUT2D eigenvalue weighted by atomic mass is 79.9. The fraction of sp³-hybridized carbons (Fsp3) is 0.357. The van der Waals surface area contributed by atoms with Gasteiger partial charge in [-0.25, -0.2) is 4.68 Å². The van der Waals surface area contributed by atoms with Gasteiger partial charge in [-0.2, -0.15) is 4.98 Å². The Balaban J connectivity index is 2.09. The Morgan fingerprint density at radius 3 is 2.96 bits per heavy atom. The molecule has 1 aliphatic heterocycles. The lowest BCUT2D eigenvalue weighted by molar-refractivity contribution is -0.115. The second-order valence-electron chi connectivity index (χ2n) is 5.08. The Labute approximate surface area is 145 Å². The highest BCUT2D eigenvalue weighted by Crippen LogP contribution is 2.37. The van der Waals surface area contributed by atoms with Gasteiger partial charge in [0.05, 0.1) is 5.57 Å². The molecule has 1 amide bonds. The molecule has 1 atom stereocenters. The van der Waals surface area contributed by atoms with Crippen LogP contribution in [-0.2, 0) is 4.79 Å². The number of fused-ring (bicyclic) bond motifs is 1. The number of hydrogen-bond acceptors (Lipinski definition) is 6. The van der Waals surface area contributed by atoms with Gasteiger partial charge in [-0.05, 0) is 41.4 Å². The Morgan fingerprint density at radius 1 is 1.57 bits per heavy atom. The van der Waals surface area contributed by atoms with Crippen LogP contribution in [0.15, 0.2) is 37.6 Å². The summed E-state index contributed by atoms with van der Waals surface area (Å²) in [6.07, 6.45) is 1.03. The van der Waals surface area contributed by atoms with Gasteiger partial charge in [0.15, 0.2) is 4.67 Å². The standard InChI is InChI=1S/C14H16BrN5O2S/c1-3-6-23-14-18-13-17-7(2)10(12(16)21)11(20(13)19-14)8-4-5-9(15)22-8/h4-5,11H,3,6H2,1-2H3,(H2,16,21)(H,17,18,19). The number of amides is 1. The number of furan rings is 1. The maximum Gasteiger partial charge on any atom is 0.249 e. The van der Waals surface area contributed by atoms with Crippen molar-refractivity contribution in [1.29, 1.82) is 0 Å². The normalized spacial score (nSPS) is 17.1. The van der Waals surface area contributed by atoms with Gasteiger partial charge in [-0.3, -0.25) is 4.79 Å². The quantitative estimate of drug-likeness (QED) is 0.752. The number of anilines is 1. The number of allylic oxidation sites excluding steroid dienone is 1. The minimum atomic E-state index is -0.529.